The Morgan fingerprint density at radius 3 is 2.71 bits per heavy atom. The normalized spacial score (nSPS) is 15.9. The van der Waals surface area contributed by atoms with E-state index in [0.717, 1.165) is 10.9 Å². The van der Waals surface area contributed by atoms with Gasteiger partial charge in [0, 0.05) is 17.4 Å². The minimum absolute atomic E-state index is 0.115. The maximum absolute atomic E-state index is 13.3. The maximum Gasteiger partial charge on any atom is 0.311 e. The molecule has 0 spiro atoms. The zero-order chi connectivity index (χ0) is 15.2. The van der Waals surface area contributed by atoms with Crippen LogP contribution in [0.1, 0.15) is 28.9 Å². The summed E-state index contributed by atoms with van der Waals surface area (Å²) in [4.78, 5) is 26.0. The van der Waals surface area contributed by atoms with Crippen LogP contribution >= 0.6 is 0 Å². The quantitative estimate of drug-likeness (QED) is 0.807. The van der Waals surface area contributed by atoms with Crippen molar-refractivity contribution in [3.63, 3.8) is 0 Å². The van der Waals surface area contributed by atoms with Gasteiger partial charge in [0.2, 0.25) is 0 Å². The van der Waals surface area contributed by atoms with Gasteiger partial charge in [0.25, 0.3) is 5.91 Å². The summed E-state index contributed by atoms with van der Waals surface area (Å²) in [5.41, 5.74) is 0.797. The second-order valence-electron chi connectivity index (χ2n) is 5.64. The lowest BCUT2D eigenvalue weighted by Crippen LogP contribution is -2.34. The number of halogens is 1. The second-order valence-corrected chi connectivity index (χ2v) is 5.64. The molecule has 5 nitrogen and oxygen atoms in total. The Hall–Kier alpha value is -2.37. The summed E-state index contributed by atoms with van der Waals surface area (Å²) in [5, 5.41) is 12.5. The number of rotatable bonds is 4. The summed E-state index contributed by atoms with van der Waals surface area (Å²) in [5.74, 6) is -1.62. The Labute approximate surface area is 120 Å². The average molecular weight is 290 g/mol. The molecular weight excluding hydrogens is 275 g/mol. The molecular formula is C15H15FN2O3. The number of aromatic nitrogens is 1. The predicted molar refractivity (Wildman–Crippen MR) is 74.6 cm³/mol. The molecule has 1 aliphatic carbocycles. The van der Waals surface area contributed by atoms with Crippen LogP contribution < -0.4 is 5.32 Å². The van der Waals surface area contributed by atoms with Crippen LogP contribution in [0.3, 0.4) is 0 Å². The van der Waals surface area contributed by atoms with Crippen LogP contribution in [-0.4, -0.2) is 28.5 Å². The van der Waals surface area contributed by atoms with Gasteiger partial charge >= 0.3 is 5.97 Å². The zero-order valence-corrected chi connectivity index (χ0v) is 11.5. The fourth-order valence-corrected chi connectivity index (χ4v) is 2.46. The van der Waals surface area contributed by atoms with Crippen LogP contribution in [0.15, 0.2) is 18.2 Å². The van der Waals surface area contributed by atoms with Crippen LogP contribution in [0.5, 0.6) is 0 Å². The number of aliphatic carboxylic acids is 1. The van der Waals surface area contributed by atoms with Crippen molar-refractivity contribution < 1.29 is 19.1 Å². The van der Waals surface area contributed by atoms with E-state index in [1.54, 1.807) is 13.0 Å². The molecule has 1 aromatic heterocycles. The number of fused-ring (bicyclic) bond motifs is 1. The molecule has 1 aromatic carbocycles. The Balaban J connectivity index is 1.79. The van der Waals surface area contributed by atoms with Gasteiger partial charge in [0.1, 0.15) is 11.5 Å². The van der Waals surface area contributed by atoms with Crippen LogP contribution in [0.2, 0.25) is 0 Å². The first-order valence-corrected chi connectivity index (χ1v) is 6.72. The van der Waals surface area contributed by atoms with Gasteiger partial charge in [-0.25, -0.2) is 4.39 Å². The number of hydrogen-bond acceptors (Lipinski definition) is 2. The number of carbonyl (C=O) groups is 2. The van der Waals surface area contributed by atoms with E-state index in [4.69, 9.17) is 5.11 Å². The number of aryl methyl sites for hydroxylation is 1. The molecule has 1 heterocycles. The lowest BCUT2D eigenvalue weighted by atomic mass is 10.1. The summed E-state index contributed by atoms with van der Waals surface area (Å²) in [7, 11) is 0. The third-order valence-corrected chi connectivity index (χ3v) is 4.05. The summed E-state index contributed by atoms with van der Waals surface area (Å²) >= 11 is 0. The molecule has 110 valence electrons. The highest BCUT2D eigenvalue weighted by atomic mass is 19.1. The van der Waals surface area contributed by atoms with Crippen molar-refractivity contribution in [2.45, 2.75) is 19.8 Å². The van der Waals surface area contributed by atoms with E-state index < -0.39 is 11.4 Å². The minimum Gasteiger partial charge on any atom is -0.481 e. The topological polar surface area (TPSA) is 82.2 Å². The van der Waals surface area contributed by atoms with Crippen molar-refractivity contribution in [3.8, 4) is 0 Å². The molecule has 2 aromatic rings. The van der Waals surface area contributed by atoms with Gasteiger partial charge in [0.05, 0.1) is 5.41 Å². The monoisotopic (exact) mass is 290 g/mol. The zero-order valence-electron chi connectivity index (χ0n) is 11.5. The van der Waals surface area contributed by atoms with Crippen molar-refractivity contribution >= 4 is 22.8 Å². The van der Waals surface area contributed by atoms with E-state index in [1.165, 1.54) is 12.1 Å². The SMILES string of the molecule is Cc1cc(F)cc2[nH]c(C(=O)NCC3(C(=O)O)CC3)cc12. The third kappa shape index (κ3) is 2.37. The standard InChI is InChI=1S/C15H15FN2O3/c1-8-4-9(16)5-11-10(8)6-12(18-11)13(19)17-7-15(2-3-15)14(20)21/h4-6,18H,2-3,7H2,1H3,(H,17,19)(H,20,21). The molecule has 0 atom stereocenters. The molecule has 1 saturated carbocycles. The highest BCUT2D eigenvalue weighted by molar-refractivity contribution is 5.99. The Morgan fingerprint density at radius 2 is 2.10 bits per heavy atom. The van der Waals surface area contributed by atoms with Gasteiger partial charge in [-0.3, -0.25) is 9.59 Å². The van der Waals surface area contributed by atoms with Gasteiger partial charge in [-0.2, -0.15) is 0 Å². The van der Waals surface area contributed by atoms with Gasteiger partial charge < -0.3 is 15.4 Å². The summed E-state index contributed by atoms with van der Waals surface area (Å²) < 4.78 is 13.3. The van der Waals surface area contributed by atoms with E-state index >= 15 is 0 Å². The number of carboxylic acid groups (broad SMARTS) is 1. The van der Waals surface area contributed by atoms with E-state index in [0.29, 0.717) is 24.1 Å². The number of H-pyrrole nitrogens is 1. The lowest BCUT2D eigenvalue weighted by Gasteiger charge is -2.10. The first kappa shape index (κ1) is 13.6. The minimum atomic E-state index is -0.877. The average Bonchev–Trinajstić information content (AvgIpc) is 3.09. The highest BCUT2D eigenvalue weighted by Crippen LogP contribution is 2.45. The predicted octanol–water partition coefficient (Wildman–Crippen LogP) is 2.21. The third-order valence-electron chi connectivity index (χ3n) is 4.05. The molecule has 0 radical (unpaired) electrons. The molecule has 0 saturated heterocycles. The molecule has 3 N–H and O–H groups in total. The van der Waals surface area contributed by atoms with Crippen molar-refractivity contribution in [2.24, 2.45) is 5.41 Å². The fourth-order valence-electron chi connectivity index (χ4n) is 2.46. The van der Waals surface area contributed by atoms with Gasteiger partial charge in [0.15, 0.2) is 0 Å². The molecule has 0 unspecified atom stereocenters. The highest BCUT2D eigenvalue weighted by Gasteiger charge is 2.50. The number of carbonyl (C=O) groups excluding carboxylic acids is 1. The first-order valence-electron chi connectivity index (χ1n) is 6.72. The maximum atomic E-state index is 13.3. The van der Waals surface area contributed by atoms with Crippen LogP contribution in [0, 0.1) is 18.2 Å². The second kappa shape index (κ2) is 4.58. The summed E-state index contributed by atoms with van der Waals surface area (Å²) in [6.07, 6.45) is 1.17. The Morgan fingerprint density at radius 1 is 1.38 bits per heavy atom. The van der Waals surface area contributed by atoms with Crippen molar-refractivity contribution in [2.75, 3.05) is 6.54 Å². The number of carboxylic acids is 1. The fraction of sp³-hybridized carbons (Fsp3) is 0.333. The molecule has 3 rings (SSSR count). The van der Waals surface area contributed by atoms with E-state index in [1.807, 2.05) is 0 Å². The number of benzene rings is 1. The van der Waals surface area contributed by atoms with E-state index in [-0.39, 0.29) is 18.3 Å². The van der Waals surface area contributed by atoms with E-state index in [2.05, 4.69) is 10.3 Å². The molecule has 1 aliphatic rings. The smallest absolute Gasteiger partial charge is 0.311 e. The van der Waals surface area contributed by atoms with Gasteiger partial charge in [-0.15, -0.1) is 0 Å². The molecule has 21 heavy (non-hydrogen) atoms. The number of hydrogen-bond donors (Lipinski definition) is 3. The number of amides is 1. The Kier molecular flexibility index (Phi) is 2.97. The largest absolute Gasteiger partial charge is 0.481 e. The molecule has 6 heteroatoms. The summed E-state index contributed by atoms with van der Waals surface area (Å²) in [6, 6.07) is 4.39. The van der Waals surface area contributed by atoms with Gasteiger partial charge in [-0.1, -0.05) is 0 Å². The lowest BCUT2D eigenvalue weighted by molar-refractivity contribution is -0.143. The molecule has 1 fully saturated rings. The number of aromatic amines is 1. The Bertz CT molecular complexity index is 747. The van der Waals surface area contributed by atoms with Crippen molar-refractivity contribution in [1.29, 1.82) is 0 Å². The molecule has 0 bridgehead atoms. The molecule has 0 aliphatic heterocycles. The van der Waals surface area contributed by atoms with E-state index in [9.17, 15) is 14.0 Å². The summed E-state index contributed by atoms with van der Waals surface area (Å²) in [6.45, 7) is 1.88. The van der Waals surface area contributed by atoms with Gasteiger partial charge in [-0.05, 0) is 43.5 Å². The van der Waals surface area contributed by atoms with Crippen molar-refractivity contribution in [3.05, 3.63) is 35.3 Å². The molecule has 1 amide bonds. The first-order chi connectivity index (χ1) is 9.91. The number of nitrogens with one attached hydrogen (secondary N) is 2. The van der Waals surface area contributed by atoms with Crippen LogP contribution in [0.4, 0.5) is 4.39 Å². The van der Waals surface area contributed by atoms with Crippen LogP contribution in [0.25, 0.3) is 10.9 Å². The van der Waals surface area contributed by atoms with Crippen LogP contribution in [-0.2, 0) is 4.79 Å². The van der Waals surface area contributed by atoms with Crippen molar-refractivity contribution in [1.82, 2.24) is 10.3 Å².